The van der Waals surface area contributed by atoms with Gasteiger partial charge in [0.15, 0.2) is 5.11 Å². The van der Waals surface area contributed by atoms with E-state index in [-0.39, 0.29) is 4.90 Å². The number of nitrogens with two attached hydrogens (primary N) is 1. The Kier molecular flexibility index (Phi) is 6.52. The molecule has 2 aromatic rings. The van der Waals surface area contributed by atoms with E-state index in [4.69, 9.17) is 17.4 Å². The molecule has 0 aliphatic carbocycles. The van der Waals surface area contributed by atoms with Crippen LogP contribution in [0.4, 0.5) is 5.69 Å². The average molecular weight is 378 g/mol. The fourth-order valence-corrected chi connectivity index (χ4v) is 3.03. The van der Waals surface area contributed by atoms with Gasteiger partial charge in [-0.05, 0) is 59.9 Å². The summed E-state index contributed by atoms with van der Waals surface area (Å²) in [5.74, 6) is 0.500. The van der Waals surface area contributed by atoms with Crippen molar-refractivity contribution < 1.29 is 8.42 Å². The second-order valence-corrected chi connectivity index (χ2v) is 8.07. The Bertz CT molecular complexity index is 814. The number of anilines is 1. The molecule has 7 heteroatoms. The largest absolute Gasteiger partial charge is 0.362 e. The molecule has 0 fully saturated rings. The van der Waals surface area contributed by atoms with Crippen molar-refractivity contribution in [2.75, 3.05) is 11.9 Å². The molecule has 5 nitrogen and oxygen atoms in total. The lowest BCUT2D eigenvalue weighted by Crippen LogP contribution is -2.30. The summed E-state index contributed by atoms with van der Waals surface area (Å²) in [6.45, 7) is 4.96. The van der Waals surface area contributed by atoms with Gasteiger partial charge in [-0.1, -0.05) is 38.1 Å². The van der Waals surface area contributed by atoms with E-state index in [9.17, 15) is 8.42 Å². The maximum atomic E-state index is 11.2. The highest BCUT2D eigenvalue weighted by molar-refractivity contribution is 7.89. The molecular weight excluding hydrogens is 354 g/mol. The highest BCUT2D eigenvalue weighted by atomic mass is 32.2. The summed E-state index contributed by atoms with van der Waals surface area (Å²) in [7, 11) is -3.64. The highest BCUT2D eigenvalue weighted by Gasteiger charge is 2.06. The summed E-state index contributed by atoms with van der Waals surface area (Å²) < 4.78 is 22.4. The van der Waals surface area contributed by atoms with Crippen LogP contribution in [0, 0.1) is 0 Å². The molecule has 0 atom stereocenters. The number of sulfonamides is 1. The first-order valence-corrected chi connectivity index (χ1v) is 9.98. The molecule has 25 heavy (non-hydrogen) atoms. The lowest BCUT2D eigenvalue weighted by atomic mass is 10.0. The van der Waals surface area contributed by atoms with Crippen molar-refractivity contribution in [2.24, 2.45) is 5.14 Å². The van der Waals surface area contributed by atoms with Crippen molar-refractivity contribution in [3.05, 3.63) is 59.7 Å². The average Bonchev–Trinajstić information content (AvgIpc) is 2.55. The lowest BCUT2D eigenvalue weighted by Gasteiger charge is -2.12. The zero-order chi connectivity index (χ0) is 18.4. The number of thiocarbonyl (C=S) groups is 1. The van der Waals surface area contributed by atoms with Gasteiger partial charge in [0.2, 0.25) is 10.0 Å². The molecule has 0 aliphatic heterocycles. The van der Waals surface area contributed by atoms with E-state index in [1.165, 1.54) is 17.7 Å². The smallest absolute Gasteiger partial charge is 0.238 e. The number of rotatable bonds is 6. The van der Waals surface area contributed by atoms with Crippen molar-refractivity contribution in [1.29, 1.82) is 0 Å². The van der Waals surface area contributed by atoms with Crippen molar-refractivity contribution in [1.82, 2.24) is 5.32 Å². The van der Waals surface area contributed by atoms with Gasteiger partial charge in [0.1, 0.15) is 0 Å². The quantitative estimate of drug-likeness (QED) is 0.674. The third kappa shape index (κ3) is 6.12. The van der Waals surface area contributed by atoms with E-state index in [1.807, 2.05) is 12.1 Å². The van der Waals surface area contributed by atoms with Crippen LogP contribution in [-0.4, -0.2) is 20.1 Å². The summed E-state index contributed by atoms with van der Waals surface area (Å²) in [5.41, 5.74) is 3.23. The van der Waals surface area contributed by atoms with Gasteiger partial charge >= 0.3 is 0 Å². The third-order valence-corrected chi connectivity index (χ3v) is 4.96. The van der Waals surface area contributed by atoms with E-state index in [0.717, 1.165) is 17.7 Å². The van der Waals surface area contributed by atoms with Crippen molar-refractivity contribution in [3.8, 4) is 0 Å². The molecule has 2 rings (SSSR count). The summed E-state index contributed by atoms with van der Waals surface area (Å²) in [4.78, 5) is 0.117. The van der Waals surface area contributed by atoms with Crippen LogP contribution < -0.4 is 15.8 Å². The number of nitrogens with one attached hydrogen (secondary N) is 2. The van der Waals surface area contributed by atoms with Gasteiger partial charge in [0.25, 0.3) is 0 Å². The molecule has 4 N–H and O–H groups in total. The molecule has 0 saturated heterocycles. The van der Waals surface area contributed by atoms with Crippen LogP contribution in [-0.2, 0) is 16.4 Å². The van der Waals surface area contributed by atoms with Crippen LogP contribution in [0.3, 0.4) is 0 Å². The second kappa shape index (κ2) is 8.42. The van der Waals surface area contributed by atoms with Gasteiger partial charge in [0, 0.05) is 12.2 Å². The van der Waals surface area contributed by atoms with Crippen LogP contribution in [0.2, 0.25) is 0 Å². The predicted octanol–water partition coefficient (Wildman–Crippen LogP) is 2.99. The fourth-order valence-electron chi connectivity index (χ4n) is 2.29. The van der Waals surface area contributed by atoms with Gasteiger partial charge in [-0.3, -0.25) is 0 Å². The molecule has 0 spiro atoms. The zero-order valence-corrected chi connectivity index (χ0v) is 16.0. The summed E-state index contributed by atoms with van der Waals surface area (Å²) >= 11 is 5.29. The second-order valence-electron chi connectivity index (χ2n) is 6.10. The maximum Gasteiger partial charge on any atom is 0.238 e. The van der Waals surface area contributed by atoms with E-state index >= 15 is 0 Å². The molecule has 0 radical (unpaired) electrons. The first kappa shape index (κ1) is 19.4. The van der Waals surface area contributed by atoms with Crippen molar-refractivity contribution >= 4 is 33.0 Å². The van der Waals surface area contributed by atoms with Crippen LogP contribution in [0.5, 0.6) is 0 Å². The fraction of sp³-hybridized carbons (Fsp3) is 0.278. The Morgan fingerprint density at radius 2 is 1.68 bits per heavy atom. The van der Waals surface area contributed by atoms with Gasteiger partial charge in [-0.2, -0.15) is 0 Å². The number of primary sulfonamides is 1. The van der Waals surface area contributed by atoms with Gasteiger partial charge < -0.3 is 10.6 Å². The molecule has 0 bridgehead atoms. The van der Waals surface area contributed by atoms with E-state index in [1.54, 1.807) is 12.1 Å². The molecular formula is C18H23N3O2S2. The summed E-state index contributed by atoms with van der Waals surface area (Å²) in [6.07, 6.45) is 0.721. The molecule has 0 saturated carbocycles. The maximum absolute atomic E-state index is 11.2. The van der Waals surface area contributed by atoms with Crippen molar-refractivity contribution in [3.63, 3.8) is 0 Å². The molecule has 0 amide bonds. The Balaban J connectivity index is 1.80. The SMILES string of the molecule is CC(C)c1ccc(NC(=S)NCCc2ccc(S(N)(=O)=O)cc2)cc1. The standard InChI is InChI=1S/C18H23N3O2S2/c1-13(2)15-5-7-16(8-6-15)21-18(24)20-12-11-14-3-9-17(10-4-14)25(19,22)23/h3-10,13H,11-12H2,1-2H3,(H2,19,22,23)(H2,20,21,24). The van der Waals surface area contributed by atoms with Crippen LogP contribution in [0.1, 0.15) is 30.9 Å². The Hall–Kier alpha value is -1.96. The summed E-state index contributed by atoms with van der Waals surface area (Å²) in [6, 6.07) is 14.7. The normalized spacial score (nSPS) is 11.4. The van der Waals surface area contributed by atoms with E-state index in [2.05, 4.69) is 36.6 Å². The molecule has 0 aliphatic rings. The molecule has 0 unspecified atom stereocenters. The van der Waals surface area contributed by atoms with Gasteiger partial charge in [-0.15, -0.1) is 0 Å². The Labute approximate surface area is 154 Å². The number of hydrogen-bond donors (Lipinski definition) is 3. The minimum atomic E-state index is -3.64. The Morgan fingerprint density at radius 3 is 2.20 bits per heavy atom. The third-order valence-electron chi connectivity index (χ3n) is 3.79. The zero-order valence-electron chi connectivity index (χ0n) is 14.3. The number of benzene rings is 2. The first-order valence-electron chi connectivity index (χ1n) is 8.02. The molecule has 134 valence electrons. The van der Waals surface area contributed by atoms with E-state index in [0.29, 0.717) is 17.6 Å². The number of hydrogen-bond acceptors (Lipinski definition) is 3. The van der Waals surface area contributed by atoms with Crippen LogP contribution in [0.25, 0.3) is 0 Å². The van der Waals surface area contributed by atoms with Crippen molar-refractivity contribution in [2.45, 2.75) is 31.1 Å². The minimum Gasteiger partial charge on any atom is -0.362 e. The van der Waals surface area contributed by atoms with Gasteiger partial charge in [0.05, 0.1) is 4.90 Å². The van der Waals surface area contributed by atoms with Crippen LogP contribution >= 0.6 is 12.2 Å². The van der Waals surface area contributed by atoms with Gasteiger partial charge in [-0.25, -0.2) is 13.6 Å². The predicted molar refractivity (Wildman–Crippen MR) is 106 cm³/mol. The van der Waals surface area contributed by atoms with E-state index < -0.39 is 10.0 Å². The first-order chi connectivity index (χ1) is 11.8. The lowest BCUT2D eigenvalue weighted by molar-refractivity contribution is 0.598. The Morgan fingerprint density at radius 1 is 1.08 bits per heavy atom. The molecule has 2 aromatic carbocycles. The molecule has 0 heterocycles. The minimum absolute atomic E-state index is 0.117. The van der Waals surface area contributed by atoms with Crippen LogP contribution in [0.15, 0.2) is 53.4 Å². The summed E-state index contributed by atoms with van der Waals surface area (Å²) in [5, 5.41) is 11.9. The highest BCUT2D eigenvalue weighted by Crippen LogP contribution is 2.17. The molecule has 0 aromatic heterocycles. The monoisotopic (exact) mass is 377 g/mol. The topological polar surface area (TPSA) is 84.2 Å².